The molecule has 1 amide bonds. The highest BCUT2D eigenvalue weighted by atomic mass is 16.6. The van der Waals surface area contributed by atoms with E-state index in [0.29, 0.717) is 18.6 Å². The third-order valence-electron chi connectivity index (χ3n) is 4.32. The molecule has 128 valence electrons. The lowest BCUT2D eigenvalue weighted by atomic mass is 9.93. The molecule has 1 N–H and O–H groups in total. The van der Waals surface area contributed by atoms with Gasteiger partial charge in [0.25, 0.3) is 0 Å². The number of hydrogen-bond donors (Lipinski definition) is 1. The number of carbonyl (C=O) groups excluding carboxylic acids is 1. The van der Waals surface area contributed by atoms with Gasteiger partial charge in [0, 0.05) is 19.1 Å². The van der Waals surface area contributed by atoms with E-state index in [1.165, 1.54) is 19.3 Å². The second-order valence-corrected chi connectivity index (χ2v) is 6.75. The average Bonchev–Trinajstić information content (AvgIpc) is 2.57. The SMILES string of the molecule is CC(C)NCCC[C@H]1CCCN(C(=O)OCc2ccccc2)C1. The lowest BCUT2D eigenvalue weighted by Gasteiger charge is -2.32. The van der Waals surface area contributed by atoms with Gasteiger partial charge in [0.1, 0.15) is 6.61 Å². The van der Waals surface area contributed by atoms with Crippen LogP contribution >= 0.6 is 0 Å². The first-order chi connectivity index (χ1) is 11.1. The van der Waals surface area contributed by atoms with Gasteiger partial charge in [-0.3, -0.25) is 0 Å². The maximum atomic E-state index is 12.2. The molecule has 4 heteroatoms. The molecular weight excluding hydrogens is 288 g/mol. The number of nitrogens with one attached hydrogen (secondary N) is 1. The minimum atomic E-state index is -0.168. The van der Waals surface area contributed by atoms with Crippen LogP contribution in [0, 0.1) is 5.92 Å². The van der Waals surface area contributed by atoms with Crippen LogP contribution in [0.15, 0.2) is 30.3 Å². The Morgan fingerprint density at radius 1 is 1.35 bits per heavy atom. The fourth-order valence-corrected chi connectivity index (χ4v) is 3.06. The van der Waals surface area contributed by atoms with Crippen LogP contribution in [0.25, 0.3) is 0 Å². The molecule has 1 aliphatic heterocycles. The van der Waals surface area contributed by atoms with Crippen LogP contribution in [0.4, 0.5) is 4.79 Å². The predicted molar refractivity (Wildman–Crippen MR) is 93.3 cm³/mol. The molecule has 0 aromatic heterocycles. The summed E-state index contributed by atoms with van der Waals surface area (Å²) in [6.45, 7) is 7.44. The van der Waals surface area contributed by atoms with E-state index < -0.39 is 0 Å². The lowest BCUT2D eigenvalue weighted by molar-refractivity contribution is 0.0777. The summed E-state index contributed by atoms with van der Waals surface area (Å²) >= 11 is 0. The number of likely N-dealkylation sites (tertiary alicyclic amines) is 1. The molecule has 0 bridgehead atoms. The van der Waals surface area contributed by atoms with Gasteiger partial charge in [-0.05, 0) is 43.7 Å². The number of amides is 1. The maximum Gasteiger partial charge on any atom is 0.410 e. The third kappa shape index (κ3) is 6.61. The van der Waals surface area contributed by atoms with E-state index in [0.717, 1.165) is 31.6 Å². The second-order valence-electron chi connectivity index (χ2n) is 6.75. The summed E-state index contributed by atoms with van der Waals surface area (Å²) in [5.41, 5.74) is 1.04. The zero-order valence-electron chi connectivity index (χ0n) is 14.5. The third-order valence-corrected chi connectivity index (χ3v) is 4.32. The number of rotatable bonds is 7. The Bertz CT molecular complexity index is 462. The molecule has 4 nitrogen and oxygen atoms in total. The summed E-state index contributed by atoms with van der Waals surface area (Å²) in [6, 6.07) is 10.4. The normalized spacial score (nSPS) is 18.2. The van der Waals surface area contributed by atoms with E-state index in [2.05, 4.69) is 19.2 Å². The highest BCUT2D eigenvalue weighted by molar-refractivity contribution is 5.67. The average molecular weight is 318 g/mol. The van der Waals surface area contributed by atoms with Crippen molar-refractivity contribution in [3.05, 3.63) is 35.9 Å². The Labute approximate surface area is 140 Å². The number of piperidine rings is 1. The summed E-state index contributed by atoms with van der Waals surface area (Å²) in [6.07, 6.45) is 4.50. The van der Waals surface area contributed by atoms with Crippen molar-refractivity contribution in [2.45, 2.75) is 52.2 Å². The van der Waals surface area contributed by atoms with Crippen molar-refractivity contribution in [3.63, 3.8) is 0 Å². The molecule has 0 unspecified atom stereocenters. The Balaban J connectivity index is 1.69. The molecule has 0 spiro atoms. The van der Waals surface area contributed by atoms with Crippen LogP contribution in [0.5, 0.6) is 0 Å². The van der Waals surface area contributed by atoms with E-state index in [-0.39, 0.29) is 6.09 Å². The second kappa shape index (κ2) is 9.56. The lowest BCUT2D eigenvalue weighted by Crippen LogP contribution is -2.40. The first kappa shape index (κ1) is 17.8. The molecule has 1 aliphatic rings. The quantitative estimate of drug-likeness (QED) is 0.777. The van der Waals surface area contributed by atoms with Crippen molar-refractivity contribution in [2.75, 3.05) is 19.6 Å². The molecule has 0 aliphatic carbocycles. The molecule has 1 atom stereocenters. The number of carbonyl (C=O) groups is 1. The fraction of sp³-hybridized carbons (Fsp3) is 0.632. The standard InChI is InChI=1S/C19H30N2O2/c1-16(2)20-12-6-10-17-11-7-13-21(14-17)19(22)23-15-18-8-4-3-5-9-18/h3-5,8-9,16-17,20H,6-7,10-15H2,1-2H3/t17-/m0/s1. The Hall–Kier alpha value is -1.55. The smallest absolute Gasteiger partial charge is 0.410 e. The molecule has 0 saturated carbocycles. The zero-order chi connectivity index (χ0) is 16.5. The van der Waals surface area contributed by atoms with Crippen molar-refractivity contribution in [2.24, 2.45) is 5.92 Å². The summed E-state index contributed by atoms with van der Waals surface area (Å²) in [5.74, 6) is 0.613. The number of nitrogens with zero attached hydrogens (tertiary/aromatic N) is 1. The monoisotopic (exact) mass is 318 g/mol. The molecule has 0 radical (unpaired) electrons. The van der Waals surface area contributed by atoms with Gasteiger partial charge < -0.3 is 15.0 Å². The molecule has 2 rings (SSSR count). The van der Waals surface area contributed by atoms with Crippen LogP contribution < -0.4 is 5.32 Å². The largest absolute Gasteiger partial charge is 0.445 e. The van der Waals surface area contributed by atoms with E-state index in [1.807, 2.05) is 35.2 Å². The molecule has 1 heterocycles. The van der Waals surface area contributed by atoms with Crippen LogP contribution in [0.1, 0.15) is 45.1 Å². The van der Waals surface area contributed by atoms with Gasteiger partial charge in [0.2, 0.25) is 0 Å². The summed E-state index contributed by atoms with van der Waals surface area (Å²) in [7, 11) is 0. The highest BCUT2D eigenvalue weighted by Crippen LogP contribution is 2.21. The van der Waals surface area contributed by atoms with Crippen molar-refractivity contribution in [1.82, 2.24) is 10.2 Å². The Morgan fingerprint density at radius 2 is 2.13 bits per heavy atom. The van der Waals surface area contributed by atoms with Crippen LogP contribution in [-0.4, -0.2) is 36.7 Å². The van der Waals surface area contributed by atoms with Crippen molar-refractivity contribution in [1.29, 1.82) is 0 Å². The molecular formula is C19H30N2O2. The maximum absolute atomic E-state index is 12.2. The van der Waals surface area contributed by atoms with Gasteiger partial charge in [-0.2, -0.15) is 0 Å². The van der Waals surface area contributed by atoms with Gasteiger partial charge in [0.15, 0.2) is 0 Å². The predicted octanol–water partition coefficient (Wildman–Crippen LogP) is 3.81. The first-order valence-corrected chi connectivity index (χ1v) is 8.84. The van der Waals surface area contributed by atoms with Crippen LogP contribution in [0.2, 0.25) is 0 Å². The zero-order valence-corrected chi connectivity index (χ0v) is 14.5. The minimum Gasteiger partial charge on any atom is -0.445 e. The Morgan fingerprint density at radius 3 is 2.87 bits per heavy atom. The van der Waals surface area contributed by atoms with E-state index >= 15 is 0 Å². The van der Waals surface area contributed by atoms with Crippen LogP contribution in [0.3, 0.4) is 0 Å². The molecule has 1 aromatic carbocycles. The molecule has 1 aromatic rings. The van der Waals surface area contributed by atoms with Crippen molar-refractivity contribution >= 4 is 6.09 Å². The molecule has 23 heavy (non-hydrogen) atoms. The molecule has 1 fully saturated rings. The van der Waals surface area contributed by atoms with Gasteiger partial charge >= 0.3 is 6.09 Å². The topological polar surface area (TPSA) is 41.6 Å². The number of benzene rings is 1. The summed E-state index contributed by atoms with van der Waals surface area (Å²) < 4.78 is 5.45. The van der Waals surface area contributed by atoms with Crippen molar-refractivity contribution in [3.8, 4) is 0 Å². The van der Waals surface area contributed by atoms with Gasteiger partial charge in [-0.25, -0.2) is 4.79 Å². The van der Waals surface area contributed by atoms with Gasteiger partial charge in [-0.1, -0.05) is 44.2 Å². The summed E-state index contributed by atoms with van der Waals surface area (Å²) in [5, 5.41) is 3.45. The van der Waals surface area contributed by atoms with Crippen molar-refractivity contribution < 1.29 is 9.53 Å². The number of ether oxygens (including phenoxy) is 1. The minimum absolute atomic E-state index is 0.168. The Kier molecular flexibility index (Phi) is 7.40. The highest BCUT2D eigenvalue weighted by Gasteiger charge is 2.24. The van der Waals surface area contributed by atoms with Crippen LogP contribution in [-0.2, 0) is 11.3 Å². The van der Waals surface area contributed by atoms with Gasteiger partial charge in [-0.15, -0.1) is 0 Å². The number of hydrogen-bond acceptors (Lipinski definition) is 3. The van der Waals surface area contributed by atoms with E-state index in [9.17, 15) is 4.79 Å². The molecule has 1 saturated heterocycles. The van der Waals surface area contributed by atoms with Gasteiger partial charge in [0.05, 0.1) is 0 Å². The summed E-state index contributed by atoms with van der Waals surface area (Å²) in [4.78, 5) is 14.1. The first-order valence-electron chi connectivity index (χ1n) is 8.84. The fourth-order valence-electron chi connectivity index (χ4n) is 3.06. The van der Waals surface area contributed by atoms with E-state index in [1.54, 1.807) is 0 Å². The van der Waals surface area contributed by atoms with E-state index in [4.69, 9.17) is 4.74 Å².